The van der Waals surface area contributed by atoms with Crippen LogP contribution in [0.3, 0.4) is 0 Å². The Bertz CT molecular complexity index is 571. The molecule has 0 fully saturated rings. The minimum Gasteiger partial charge on any atom is -0.408 e. The second-order valence-corrected chi connectivity index (χ2v) is 2.98. The molecule has 0 saturated carbocycles. The van der Waals surface area contributed by atoms with Gasteiger partial charge in [0, 0.05) is 6.07 Å². The van der Waals surface area contributed by atoms with Gasteiger partial charge in [0.1, 0.15) is 5.52 Å². The Balaban J connectivity index is 2.84. The first-order chi connectivity index (χ1) is 6.58. The number of halogens is 1. The van der Waals surface area contributed by atoms with Crippen molar-refractivity contribution in [3.05, 3.63) is 37.8 Å². The molecule has 0 aliphatic rings. The van der Waals surface area contributed by atoms with Crippen LogP contribution in [0.2, 0.25) is 5.02 Å². The van der Waals surface area contributed by atoms with Gasteiger partial charge in [-0.2, -0.15) is 0 Å². The van der Waals surface area contributed by atoms with Crippen molar-refractivity contribution >= 4 is 28.4 Å². The Hall–Kier alpha value is -1.82. The van der Waals surface area contributed by atoms with Crippen LogP contribution in [0.1, 0.15) is 0 Å². The standard InChI is InChI=1S/C7H3ClN2O4/c8-4-1-3(10(12)13)2-5-6(4)9-7(11)14-5/h1-2H,(H,9,11). The molecule has 2 aromatic rings. The van der Waals surface area contributed by atoms with E-state index in [1.54, 1.807) is 0 Å². The van der Waals surface area contributed by atoms with E-state index in [2.05, 4.69) is 9.40 Å². The van der Waals surface area contributed by atoms with Crippen LogP contribution in [-0.2, 0) is 0 Å². The molecule has 6 nitrogen and oxygen atoms in total. The number of H-pyrrole nitrogens is 1. The predicted octanol–water partition coefficient (Wildman–Crippen LogP) is 1.68. The molecule has 0 unspecified atom stereocenters. The summed E-state index contributed by atoms with van der Waals surface area (Å²) in [5.74, 6) is -0.692. The third kappa shape index (κ3) is 1.25. The SMILES string of the molecule is O=c1[nH]c2c(Cl)cc([N+](=O)[O-])cc2o1. The highest BCUT2D eigenvalue weighted by Gasteiger charge is 2.13. The van der Waals surface area contributed by atoms with Crippen LogP contribution in [-0.4, -0.2) is 9.91 Å². The lowest BCUT2D eigenvalue weighted by molar-refractivity contribution is -0.384. The van der Waals surface area contributed by atoms with E-state index in [1.807, 2.05) is 0 Å². The van der Waals surface area contributed by atoms with Crippen molar-refractivity contribution < 1.29 is 9.34 Å². The first kappa shape index (κ1) is 8.76. The highest BCUT2D eigenvalue weighted by molar-refractivity contribution is 6.35. The minimum absolute atomic E-state index is 0.0780. The van der Waals surface area contributed by atoms with Crippen LogP contribution in [0.25, 0.3) is 11.1 Å². The van der Waals surface area contributed by atoms with Crippen molar-refractivity contribution in [1.82, 2.24) is 4.98 Å². The fourth-order valence-electron chi connectivity index (χ4n) is 1.10. The minimum atomic E-state index is -0.692. The smallest absolute Gasteiger partial charge is 0.408 e. The molecule has 1 heterocycles. The first-order valence-corrected chi connectivity index (χ1v) is 3.92. The zero-order valence-corrected chi connectivity index (χ0v) is 7.37. The van der Waals surface area contributed by atoms with Gasteiger partial charge in [-0.3, -0.25) is 15.1 Å². The number of aromatic nitrogens is 1. The van der Waals surface area contributed by atoms with Gasteiger partial charge in [0.05, 0.1) is 16.0 Å². The van der Waals surface area contributed by atoms with Gasteiger partial charge in [-0.05, 0) is 0 Å². The van der Waals surface area contributed by atoms with E-state index in [4.69, 9.17) is 11.6 Å². The summed E-state index contributed by atoms with van der Waals surface area (Å²) < 4.78 is 4.64. The third-order valence-corrected chi connectivity index (χ3v) is 1.98. The van der Waals surface area contributed by atoms with Crippen LogP contribution in [0.15, 0.2) is 21.3 Å². The molecule has 7 heteroatoms. The van der Waals surface area contributed by atoms with Gasteiger partial charge in [0.15, 0.2) is 5.58 Å². The van der Waals surface area contributed by atoms with Crippen molar-refractivity contribution in [1.29, 1.82) is 0 Å². The number of oxazole rings is 1. The van der Waals surface area contributed by atoms with E-state index in [0.29, 0.717) is 0 Å². The number of nitrogens with zero attached hydrogens (tertiary/aromatic N) is 1. The Labute approximate surface area is 81.2 Å². The van der Waals surface area contributed by atoms with Gasteiger partial charge in [0.2, 0.25) is 0 Å². The summed E-state index contributed by atoms with van der Waals surface area (Å²) in [7, 11) is 0. The van der Waals surface area contributed by atoms with E-state index < -0.39 is 10.7 Å². The van der Waals surface area contributed by atoms with E-state index in [1.165, 1.54) is 0 Å². The number of hydrogen-bond acceptors (Lipinski definition) is 4. The summed E-state index contributed by atoms with van der Waals surface area (Å²) in [6, 6.07) is 2.29. The second-order valence-electron chi connectivity index (χ2n) is 2.57. The van der Waals surface area contributed by atoms with Crippen molar-refractivity contribution in [3.8, 4) is 0 Å². The molecule has 72 valence electrons. The van der Waals surface area contributed by atoms with E-state index in [9.17, 15) is 14.9 Å². The molecule has 0 amide bonds. The van der Waals surface area contributed by atoms with Crippen LogP contribution in [0, 0.1) is 10.1 Å². The molecule has 0 radical (unpaired) electrons. The highest BCUT2D eigenvalue weighted by atomic mass is 35.5. The van der Waals surface area contributed by atoms with Crippen molar-refractivity contribution in [2.75, 3.05) is 0 Å². The van der Waals surface area contributed by atoms with Crippen LogP contribution >= 0.6 is 11.6 Å². The van der Waals surface area contributed by atoms with Gasteiger partial charge in [-0.15, -0.1) is 0 Å². The molecule has 0 saturated heterocycles. The highest BCUT2D eigenvalue weighted by Crippen LogP contribution is 2.26. The number of non-ortho nitro benzene ring substituents is 1. The summed E-state index contributed by atoms with van der Waals surface area (Å²) in [6.45, 7) is 0. The topological polar surface area (TPSA) is 89.1 Å². The lowest BCUT2D eigenvalue weighted by atomic mass is 10.3. The maximum atomic E-state index is 10.8. The summed E-state index contributed by atoms with van der Waals surface area (Å²) in [4.78, 5) is 22.9. The molecule has 1 aromatic heterocycles. The Morgan fingerprint density at radius 2 is 2.21 bits per heavy atom. The van der Waals surface area contributed by atoms with Crippen LogP contribution in [0.4, 0.5) is 5.69 Å². The molecule has 0 aliphatic heterocycles. The molecule has 14 heavy (non-hydrogen) atoms. The quantitative estimate of drug-likeness (QED) is 0.578. The molecule has 0 aliphatic carbocycles. The third-order valence-electron chi connectivity index (χ3n) is 1.68. The number of hydrogen-bond donors (Lipinski definition) is 1. The van der Waals surface area contributed by atoms with Crippen LogP contribution < -0.4 is 5.76 Å². The van der Waals surface area contributed by atoms with Crippen molar-refractivity contribution in [2.45, 2.75) is 0 Å². The van der Waals surface area contributed by atoms with E-state index in [0.717, 1.165) is 12.1 Å². The second kappa shape index (κ2) is 2.85. The van der Waals surface area contributed by atoms with E-state index >= 15 is 0 Å². The number of nitro benzene ring substituents is 1. The zero-order chi connectivity index (χ0) is 10.3. The first-order valence-electron chi connectivity index (χ1n) is 3.54. The fourth-order valence-corrected chi connectivity index (χ4v) is 1.35. The van der Waals surface area contributed by atoms with Gasteiger partial charge in [-0.25, -0.2) is 4.79 Å². The van der Waals surface area contributed by atoms with Gasteiger partial charge >= 0.3 is 5.76 Å². The number of fused-ring (bicyclic) bond motifs is 1. The molecule has 1 aromatic carbocycles. The average Bonchev–Trinajstić information content (AvgIpc) is 2.45. The van der Waals surface area contributed by atoms with Gasteiger partial charge in [0.25, 0.3) is 5.69 Å². The summed E-state index contributed by atoms with van der Waals surface area (Å²) >= 11 is 5.69. The largest absolute Gasteiger partial charge is 0.417 e. The van der Waals surface area contributed by atoms with Crippen LogP contribution in [0.5, 0.6) is 0 Å². The number of nitro groups is 1. The summed E-state index contributed by atoms with van der Waals surface area (Å²) in [5.41, 5.74) is 0.127. The monoisotopic (exact) mass is 214 g/mol. The molecule has 1 N–H and O–H groups in total. The van der Waals surface area contributed by atoms with Gasteiger partial charge < -0.3 is 4.42 Å². The molecule has 2 rings (SSSR count). The lowest BCUT2D eigenvalue weighted by Gasteiger charge is -1.92. The molecule has 0 atom stereocenters. The summed E-state index contributed by atoms with van der Waals surface area (Å²) in [5, 5.41) is 10.5. The normalized spacial score (nSPS) is 10.6. The number of benzene rings is 1. The number of nitrogens with one attached hydrogen (secondary N) is 1. The lowest BCUT2D eigenvalue weighted by Crippen LogP contribution is -1.93. The molecule has 0 spiro atoms. The van der Waals surface area contributed by atoms with Gasteiger partial charge in [-0.1, -0.05) is 11.6 Å². The Kier molecular flexibility index (Phi) is 1.78. The molecule has 0 bridgehead atoms. The van der Waals surface area contributed by atoms with E-state index in [-0.39, 0.29) is 21.8 Å². The number of rotatable bonds is 1. The van der Waals surface area contributed by atoms with Crippen molar-refractivity contribution in [3.63, 3.8) is 0 Å². The Morgan fingerprint density at radius 3 is 2.86 bits per heavy atom. The maximum Gasteiger partial charge on any atom is 0.417 e. The molecular formula is C7H3ClN2O4. The average molecular weight is 215 g/mol. The zero-order valence-electron chi connectivity index (χ0n) is 6.61. The fraction of sp³-hybridized carbons (Fsp3) is 0. The summed E-state index contributed by atoms with van der Waals surface area (Å²) in [6.07, 6.45) is 0. The molecular weight excluding hydrogens is 212 g/mol. The maximum absolute atomic E-state index is 10.8. The Morgan fingerprint density at radius 1 is 1.50 bits per heavy atom. The van der Waals surface area contributed by atoms with Crippen molar-refractivity contribution in [2.24, 2.45) is 0 Å². The predicted molar refractivity (Wildman–Crippen MR) is 48.5 cm³/mol. The number of aromatic amines is 1.